The molecule has 1 atom stereocenters. The van der Waals surface area contributed by atoms with Crippen LogP contribution in [0.15, 0.2) is 42.6 Å². The minimum atomic E-state index is -1.03. The monoisotopic (exact) mass is 464 g/mol. The second kappa shape index (κ2) is 10.5. The molecule has 1 saturated heterocycles. The van der Waals surface area contributed by atoms with E-state index in [-0.39, 0.29) is 22.8 Å². The van der Waals surface area contributed by atoms with Gasteiger partial charge < -0.3 is 20.3 Å². The zero-order valence-electron chi connectivity index (χ0n) is 16.8. The highest BCUT2D eigenvalue weighted by Crippen LogP contribution is 2.23. The Hall–Kier alpha value is -2.84. The molecular weight excluding hydrogens is 443 g/mol. The summed E-state index contributed by atoms with van der Waals surface area (Å²) in [5.74, 6) is -1.27. The molecule has 0 unspecified atom stereocenters. The molecule has 1 fully saturated rings. The Morgan fingerprint density at radius 3 is 2.45 bits per heavy atom. The van der Waals surface area contributed by atoms with Gasteiger partial charge in [-0.15, -0.1) is 0 Å². The van der Waals surface area contributed by atoms with Crippen LogP contribution < -0.4 is 10.6 Å². The van der Waals surface area contributed by atoms with E-state index < -0.39 is 18.0 Å². The molecule has 10 heteroatoms. The van der Waals surface area contributed by atoms with Gasteiger partial charge in [0, 0.05) is 25.0 Å². The smallest absolute Gasteiger partial charge is 0.321 e. The Bertz CT molecular complexity index is 950. The molecule has 0 bridgehead atoms. The first-order chi connectivity index (χ1) is 14.8. The summed E-state index contributed by atoms with van der Waals surface area (Å²) in [5, 5.41) is 5.86. The summed E-state index contributed by atoms with van der Waals surface area (Å²) >= 11 is 11.8. The standard InChI is InChI=1S/C21H22Cl2N4O4/c1-13(19(28)26-18-17(23)11-15(22)12-24-18)31-20(29)14-7-9-27(10-8-14)21(30)25-16-5-3-2-4-6-16/h2-6,11-14H,7-10H2,1H3,(H,25,30)(H,24,26,28)/t13-/m1/s1. The van der Waals surface area contributed by atoms with Crippen LogP contribution in [-0.2, 0) is 14.3 Å². The number of hydrogen-bond donors (Lipinski definition) is 2. The minimum Gasteiger partial charge on any atom is -0.452 e. The number of benzene rings is 1. The zero-order chi connectivity index (χ0) is 22.4. The van der Waals surface area contributed by atoms with Crippen molar-refractivity contribution in [3.05, 3.63) is 52.6 Å². The number of rotatable bonds is 5. The third kappa shape index (κ3) is 6.32. The molecule has 164 valence electrons. The summed E-state index contributed by atoms with van der Waals surface area (Å²) in [5.41, 5.74) is 0.712. The molecule has 3 rings (SSSR count). The number of carbonyl (C=O) groups excluding carboxylic acids is 3. The van der Waals surface area contributed by atoms with Crippen molar-refractivity contribution in [2.24, 2.45) is 5.92 Å². The van der Waals surface area contributed by atoms with Crippen molar-refractivity contribution in [3.8, 4) is 0 Å². The van der Waals surface area contributed by atoms with Crippen LogP contribution in [-0.4, -0.2) is 47.0 Å². The lowest BCUT2D eigenvalue weighted by Crippen LogP contribution is -2.43. The maximum atomic E-state index is 12.5. The molecule has 0 radical (unpaired) electrons. The Morgan fingerprint density at radius 1 is 1.13 bits per heavy atom. The number of nitrogens with one attached hydrogen (secondary N) is 2. The summed E-state index contributed by atoms with van der Waals surface area (Å²) in [6.45, 7) is 2.31. The number of halogens is 2. The number of piperidine rings is 1. The number of amides is 3. The Morgan fingerprint density at radius 2 is 1.81 bits per heavy atom. The second-order valence-corrected chi connectivity index (χ2v) is 7.95. The summed E-state index contributed by atoms with van der Waals surface area (Å²) < 4.78 is 5.31. The molecule has 0 spiro atoms. The first-order valence-electron chi connectivity index (χ1n) is 9.77. The van der Waals surface area contributed by atoms with Gasteiger partial charge in [0.05, 0.1) is 16.0 Å². The van der Waals surface area contributed by atoms with E-state index in [1.54, 1.807) is 17.0 Å². The van der Waals surface area contributed by atoms with Crippen molar-refractivity contribution < 1.29 is 19.1 Å². The number of anilines is 2. The number of para-hydroxylation sites is 1. The quantitative estimate of drug-likeness (QED) is 0.645. The molecule has 8 nitrogen and oxygen atoms in total. The van der Waals surface area contributed by atoms with Crippen LogP contribution in [0.2, 0.25) is 10.0 Å². The number of carbonyl (C=O) groups is 3. The average molecular weight is 465 g/mol. The highest BCUT2D eigenvalue weighted by molar-refractivity contribution is 6.36. The van der Waals surface area contributed by atoms with Crippen LogP contribution in [0.4, 0.5) is 16.3 Å². The maximum Gasteiger partial charge on any atom is 0.321 e. The predicted octanol–water partition coefficient (Wildman–Crippen LogP) is 4.20. The lowest BCUT2D eigenvalue weighted by atomic mass is 9.97. The van der Waals surface area contributed by atoms with E-state index in [4.69, 9.17) is 27.9 Å². The van der Waals surface area contributed by atoms with Gasteiger partial charge in [0.2, 0.25) is 0 Å². The van der Waals surface area contributed by atoms with Gasteiger partial charge in [0.1, 0.15) is 0 Å². The maximum absolute atomic E-state index is 12.5. The third-order valence-electron chi connectivity index (χ3n) is 4.85. The molecule has 2 N–H and O–H groups in total. The van der Waals surface area contributed by atoms with Crippen molar-refractivity contribution in [1.29, 1.82) is 0 Å². The van der Waals surface area contributed by atoms with Gasteiger partial charge in [0.15, 0.2) is 11.9 Å². The largest absolute Gasteiger partial charge is 0.452 e. The molecule has 3 amide bonds. The van der Waals surface area contributed by atoms with Gasteiger partial charge >= 0.3 is 12.0 Å². The van der Waals surface area contributed by atoms with E-state index in [0.29, 0.717) is 36.6 Å². The molecule has 1 aliphatic rings. The number of ether oxygens (including phenoxy) is 1. The van der Waals surface area contributed by atoms with Crippen molar-refractivity contribution in [1.82, 2.24) is 9.88 Å². The molecule has 2 heterocycles. The number of aromatic nitrogens is 1. The number of hydrogen-bond acceptors (Lipinski definition) is 5. The lowest BCUT2D eigenvalue weighted by Gasteiger charge is -2.31. The van der Waals surface area contributed by atoms with Crippen LogP contribution in [0.1, 0.15) is 19.8 Å². The van der Waals surface area contributed by atoms with Crippen molar-refractivity contribution in [2.75, 3.05) is 23.7 Å². The topological polar surface area (TPSA) is 101 Å². The van der Waals surface area contributed by atoms with Crippen LogP contribution >= 0.6 is 23.2 Å². The van der Waals surface area contributed by atoms with E-state index in [1.807, 2.05) is 18.2 Å². The lowest BCUT2D eigenvalue weighted by molar-refractivity contribution is -0.158. The SMILES string of the molecule is C[C@@H](OC(=O)C1CCN(C(=O)Nc2ccccc2)CC1)C(=O)Nc1ncc(Cl)cc1Cl. The number of esters is 1. The fourth-order valence-corrected chi connectivity index (χ4v) is 3.52. The van der Waals surface area contributed by atoms with Gasteiger partial charge in [-0.2, -0.15) is 0 Å². The Kier molecular flexibility index (Phi) is 7.70. The van der Waals surface area contributed by atoms with E-state index in [9.17, 15) is 14.4 Å². The minimum absolute atomic E-state index is 0.136. The molecule has 1 aromatic carbocycles. The number of nitrogens with zero attached hydrogens (tertiary/aromatic N) is 2. The van der Waals surface area contributed by atoms with Gasteiger partial charge in [-0.3, -0.25) is 9.59 Å². The van der Waals surface area contributed by atoms with Crippen LogP contribution in [0.5, 0.6) is 0 Å². The van der Waals surface area contributed by atoms with Crippen LogP contribution in [0, 0.1) is 5.92 Å². The third-order valence-corrected chi connectivity index (χ3v) is 5.35. The molecule has 1 aliphatic heterocycles. The van der Waals surface area contributed by atoms with Gasteiger partial charge in [-0.1, -0.05) is 41.4 Å². The molecule has 1 aromatic heterocycles. The second-order valence-electron chi connectivity index (χ2n) is 7.11. The summed E-state index contributed by atoms with van der Waals surface area (Å²) in [6, 6.07) is 10.4. The van der Waals surface area contributed by atoms with Crippen LogP contribution in [0.3, 0.4) is 0 Å². The van der Waals surface area contributed by atoms with Gasteiger partial charge in [0.25, 0.3) is 5.91 Å². The summed E-state index contributed by atoms with van der Waals surface area (Å²) in [4.78, 5) is 42.7. The normalized spacial score (nSPS) is 15.1. The van der Waals surface area contributed by atoms with Gasteiger partial charge in [-0.05, 0) is 38.0 Å². The fraction of sp³-hybridized carbons (Fsp3) is 0.333. The zero-order valence-corrected chi connectivity index (χ0v) is 18.3. The van der Waals surface area contributed by atoms with Crippen molar-refractivity contribution in [2.45, 2.75) is 25.9 Å². The highest BCUT2D eigenvalue weighted by atomic mass is 35.5. The first-order valence-corrected chi connectivity index (χ1v) is 10.5. The number of pyridine rings is 1. The van der Waals surface area contributed by atoms with E-state index >= 15 is 0 Å². The fourth-order valence-electron chi connectivity index (χ4n) is 3.09. The van der Waals surface area contributed by atoms with Crippen molar-refractivity contribution in [3.63, 3.8) is 0 Å². The molecule has 0 aliphatic carbocycles. The molecule has 31 heavy (non-hydrogen) atoms. The highest BCUT2D eigenvalue weighted by Gasteiger charge is 2.30. The Labute approximate surface area is 189 Å². The van der Waals surface area contributed by atoms with Crippen LogP contribution in [0.25, 0.3) is 0 Å². The summed E-state index contributed by atoms with van der Waals surface area (Å²) in [7, 11) is 0. The van der Waals surface area contributed by atoms with E-state index in [2.05, 4.69) is 15.6 Å². The molecule has 2 aromatic rings. The van der Waals surface area contributed by atoms with E-state index in [0.717, 1.165) is 0 Å². The van der Waals surface area contributed by atoms with Gasteiger partial charge in [-0.25, -0.2) is 9.78 Å². The number of likely N-dealkylation sites (tertiary alicyclic amines) is 1. The number of urea groups is 1. The summed E-state index contributed by atoms with van der Waals surface area (Å²) in [6.07, 6.45) is 1.24. The predicted molar refractivity (Wildman–Crippen MR) is 118 cm³/mol. The Balaban J connectivity index is 1.45. The molecule has 0 saturated carbocycles. The van der Waals surface area contributed by atoms with E-state index in [1.165, 1.54) is 19.2 Å². The molecular formula is C21H22Cl2N4O4. The first kappa shape index (κ1) is 22.8. The average Bonchev–Trinajstić information content (AvgIpc) is 2.76. The van der Waals surface area contributed by atoms with Crippen molar-refractivity contribution >= 4 is 52.6 Å².